The van der Waals surface area contributed by atoms with Gasteiger partial charge in [-0.2, -0.15) is 18.4 Å². The summed E-state index contributed by atoms with van der Waals surface area (Å²) in [5, 5.41) is 11.7. The zero-order valence-electron chi connectivity index (χ0n) is 20.0. The van der Waals surface area contributed by atoms with Gasteiger partial charge in [-0.25, -0.2) is 0 Å². The third-order valence-electron chi connectivity index (χ3n) is 5.95. The van der Waals surface area contributed by atoms with Gasteiger partial charge in [-0.1, -0.05) is 17.9 Å². The van der Waals surface area contributed by atoms with Crippen molar-refractivity contribution in [2.45, 2.75) is 12.7 Å². The first-order chi connectivity index (χ1) is 17.7. The maximum atomic E-state index is 13.8. The third kappa shape index (κ3) is 6.70. The zero-order chi connectivity index (χ0) is 26.4. The number of amides is 1. The van der Waals surface area contributed by atoms with Gasteiger partial charge in [0.2, 0.25) is 0 Å². The maximum absolute atomic E-state index is 13.8. The van der Waals surface area contributed by atoms with Gasteiger partial charge >= 0.3 is 6.18 Å². The summed E-state index contributed by atoms with van der Waals surface area (Å²) >= 11 is 0. The number of nitrogens with zero attached hydrogens (tertiary/aromatic N) is 5. The highest BCUT2D eigenvalue weighted by Gasteiger charge is 2.34. The van der Waals surface area contributed by atoms with Crippen molar-refractivity contribution in [1.82, 2.24) is 19.8 Å². The number of aromatic nitrogens is 2. The Morgan fingerprint density at radius 2 is 1.81 bits per heavy atom. The van der Waals surface area contributed by atoms with Gasteiger partial charge in [0.05, 0.1) is 22.3 Å². The second-order valence-electron chi connectivity index (χ2n) is 8.65. The number of benzene rings is 1. The average Bonchev–Trinajstić information content (AvgIpc) is 2.89. The van der Waals surface area contributed by atoms with Gasteiger partial charge in [0.1, 0.15) is 6.07 Å². The summed E-state index contributed by atoms with van der Waals surface area (Å²) in [6, 6.07) is 8.89. The predicted octanol–water partition coefficient (Wildman–Crippen LogP) is 3.77. The second kappa shape index (κ2) is 11.2. The SMILES string of the molecule is CN1CCN(Cc2ccc(NC(=O)c3cncc(C#Cc4cnccc4C#N)c3)cc2C(F)(F)F)CC1. The fourth-order valence-corrected chi connectivity index (χ4v) is 3.87. The lowest BCUT2D eigenvalue weighted by molar-refractivity contribution is -0.138. The molecule has 1 saturated heterocycles. The minimum atomic E-state index is -4.56. The number of anilines is 1. The van der Waals surface area contributed by atoms with E-state index in [0.29, 0.717) is 29.8 Å². The van der Waals surface area contributed by atoms with Crippen LogP contribution in [0.25, 0.3) is 0 Å². The van der Waals surface area contributed by atoms with Gasteiger partial charge in [0.15, 0.2) is 0 Å². The van der Waals surface area contributed by atoms with Crippen LogP contribution in [0.15, 0.2) is 55.1 Å². The molecule has 0 saturated carbocycles. The fraction of sp³-hybridized carbons (Fsp3) is 0.259. The van der Waals surface area contributed by atoms with Gasteiger partial charge in [-0.3, -0.25) is 19.7 Å². The fourth-order valence-electron chi connectivity index (χ4n) is 3.87. The molecule has 0 aliphatic carbocycles. The first-order valence-electron chi connectivity index (χ1n) is 11.5. The number of piperazine rings is 1. The molecule has 188 valence electrons. The smallest absolute Gasteiger partial charge is 0.322 e. The van der Waals surface area contributed by atoms with Crippen LogP contribution in [0.3, 0.4) is 0 Å². The van der Waals surface area contributed by atoms with Crippen molar-refractivity contribution in [3.05, 3.63) is 88.5 Å². The number of hydrogen-bond acceptors (Lipinski definition) is 6. The van der Waals surface area contributed by atoms with Crippen molar-refractivity contribution in [1.29, 1.82) is 5.26 Å². The Morgan fingerprint density at radius 3 is 2.54 bits per heavy atom. The molecule has 0 unspecified atom stereocenters. The molecule has 1 aromatic carbocycles. The van der Waals surface area contributed by atoms with Gasteiger partial charge < -0.3 is 10.2 Å². The van der Waals surface area contributed by atoms with E-state index in [0.717, 1.165) is 19.2 Å². The lowest BCUT2D eigenvalue weighted by atomic mass is 10.0. The van der Waals surface area contributed by atoms with Crippen molar-refractivity contribution in [3.63, 3.8) is 0 Å². The summed E-state index contributed by atoms with van der Waals surface area (Å²) in [5.74, 6) is 5.04. The molecule has 3 heterocycles. The molecule has 0 bridgehead atoms. The molecule has 1 aliphatic rings. The molecule has 4 rings (SSSR count). The molecule has 3 aromatic rings. The van der Waals surface area contributed by atoms with E-state index < -0.39 is 17.6 Å². The topological polar surface area (TPSA) is 85.2 Å². The summed E-state index contributed by atoms with van der Waals surface area (Å²) in [6.45, 7) is 3.17. The molecule has 0 radical (unpaired) electrons. The Morgan fingerprint density at radius 1 is 1.03 bits per heavy atom. The van der Waals surface area contributed by atoms with E-state index in [2.05, 4.69) is 32.0 Å². The highest BCUT2D eigenvalue weighted by atomic mass is 19.4. The summed E-state index contributed by atoms with van der Waals surface area (Å²) < 4.78 is 41.5. The Labute approximate surface area is 212 Å². The van der Waals surface area contributed by atoms with Gasteiger partial charge in [0.25, 0.3) is 5.91 Å². The van der Waals surface area contributed by atoms with Gasteiger partial charge in [-0.05, 0) is 36.9 Å². The van der Waals surface area contributed by atoms with Crippen molar-refractivity contribution in [2.75, 3.05) is 38.5 Å². The number of halogens is 3. The van der Waals surface area contributed by atoms with Crippen LogP contribution < -0.4 is 5.32 Å². The van der Waals surface area contributed by atoms with Crippen LogP contribution in [0.4, 0.5) is 18.9 Å². The Hall–Kier alpha value is -4.25. The third-order valence-corrected chi connectivity index (χ3v) is 5.95. The standard InChI is InChI=1S/C27H23F3N6O/c1-35-8-10-36(11-9-35)18-22-4-5-24(13-25(22)27(28,29)30)34-26(37)23-12-19(15-33-17-23)2-3-21-16-32-7-6-20(21)14-31/h4-7,12-13,15-17H,8-11,18H2,1H3,(H,34,37). The van der Waals surface area contributed by atoms with Crippen LogP contribution in [-0.4, -0.2) is 58.9 Å². The molecule has 0 spiro atoms. The largest absolute Gasteiger partial charge is 0.416 e. The number of nitrogens with one attached hydrogen (secondary N) is 1. The first kappa shape index (κ1) is 25.8. The minimum Gasteiger partial charge on any atom is -0.322 e. The number of carbonyl (C=O) groups excluding carboxylic acids is 1. The first-order valence-corrected chi connectivity index (χ1v) is 11.5. The van der Waals surface area contributed by atoms with Gasteiger partial charge in [-0.15, -0.1) is 0 Å². The predicted molar refractivity (Wildman–Crippen MR) is 131 cm³/mol. The van der Waals surface area contributed by atoms with E-state index in [9.17, 15) is 18.0 Å². The van der Waals surface area contributed by atoms with Crippen LogP contribution in [-0.2, 0) is 12.7 Å². The van der Waals surface area contributed by atoms with Crippen molar-refractivity contribution >= 4 is 11.6 Å². The molecule has 7 nitrogen and oxygen atoms in total. The van der Waals surface area contributed by atoms with E-state index >= 15 is 0 Å². The Balaban J connectivity index is 1.51. The van der Waals surface area contributed by atoms with Crippen LogP contribution in [0.2, 0.25) is 0 Å². The normalized spacial score (nSPS) is 14.4. The van der Waals surface area contributed by atoms with Crippen LogP contribution in [0.1, 0.15) is 38.2 Å². The van der Waals surface area contributed by atoms with Crippen LogP contribution in [0, 0.1) is 23.2 Å². The number of alkyl halides is 3. The molecule has 1 N–H and O–H groups in total. The number of nitriles is 1. The molecule has 10 heteroatoms. The number of rotatable bonds is 4. The highest BCUT2D eigenvalue weighted by molar-refractivity contribution is 6.04. The summed E-state index contributed by atoms with van der Waals surface area (Å²) in [6.07, 6.45) is 1.13. The van der Waals surface area contributed by atoms with Crippen molar-refractivity contribution < 1.29 is 18.0 Å². The van der Waals surface area contributed by atoms with Gasteiger partial charge in [0, 0.05) is 68.8 Å². The molecule has 1 fully saturated rings. The number of hydrogen-bond donors (Lipinski definition) is 1. The zero-order valence-corrected chi connectivity index (χ0v) is 20.0. The quantitative estimate of drug-likeness (QED) is 0.545. The molecular formula is C27H23F3N6O. The Kier molecular flexibility index (Phi) is 7.83. The molecule has 1 aliphatic heterocycles. The lowest BCUT2D eigenvalue weighted by Crippen LogP contribution is -2.44. The van der Waals surface area contributed by atoms with E-state index in [1.54, 1.807) is 0 Å². The van der Waals surface area contributed by atoms with E-state index in [1.165, 1.54) is 49.1 Å². The van der Waals surface area contributed by atoms with Crippen LogP contribution >= 0.6 is 0 Å². The highest BCUT2D eigenvalue weighted by Crippen LogP contribution is 2.34. The molecule has 0 atom stereocenters. The summed E-state index contributed by atoms with van der Waals surface area (Å²) in [5.41, 5.74) is 0.752. The number of pyridine rings is 2. The summed E-state index contributed by atoms with van der Waals surface area (Å²) in [7, 11) is 1.99. The van der Waals surface area contributed by atoms with Crippen molar-refractivity contribution in [2.24, 2.45) is 0 Å². The number of likely N-dealkylation sites (N-methyl/N-ethyl adjacent to an activating group) is 1. The monoisotopic (exact) mass is 504 g/mol. The molecule has 37 heavy (non-hydrogen) atoms. The van der Waals surface area contributed by atoms with E-state index in [4.69, 9.17) is 5.26 Å². The molecule has 1 amide bonds. The second-order valence-corrected chi connectivity index (χ2v) is 8.65. The number of carbonyl (C=O) groups is 1. The van der Waals surface area contributed by atoms with Crippen molar-refractivity contribution in [3.8, 4) is 17.9 Å². The molecule has 2 aromatic heterocycles. The van der Waals surface area contributed by atoms with E-state index in [1.807, 2.05) is 18.0 Å². The van der Waals surface area contributed by atoms with E-state index in [-0.39, 0.29) is 23.4 Å². The minimum absolute atomic E-state index is 0.0324. The molecular weight excluding hydrogens is 481 g/mol. The Bertz CT molecular complexity index is 1400. The summed E-state index contributed by atoms with van der Waals surface area (Å²) in [4.78, 5) is 24.9. The lowest BCUT2D eigenvalue weighted by Gasteiger charge is -2.33. The van der Waals surface area contributed by atoms with Crippen LogP contribution in [0.5, 0.6) is 0 Å². The maximum Gasteiger partial charge on any atom is 0.416 e. The average molecular weight is 505 g/mol.